The summed E-state index contributed by atoms with van der Waals surface area (Å²) in [4.78, 5) is 4.72. The van der Waals surface area contributed by atoms with Crippen molar-refractivity contribution in [1.82, 2.24) is 0 Å². The van der Waals surface area contributed by atoms with E-state index in [2.05, 4.69) is 246 Å². The maximum atomic E-state index is 2.39. The first-order chi connectivity index (χ1) is 28.8. The van der Waals surface area contributed by atoms with Gasteiger partial charge in [-0.25, -0.2) is 0 Å². The van der Waals surface area contributed by atoms with Crippen LogP contribution in [0.3, 0.4) is 0 Å². The van der Waals surface area contributed by atoms with Crippen molar-refractivity contribution in [3.8, 4) is 44.5 Å². The minimum Gasteiger partial charge on any atom is -0.310 e. The number of hydrogen-bond acceptors (Lipinski definition) is 2. The van der Waals surface area contributed by atoms with Crippen molar-refractivity contribution in [2.24, 2.45) is 0 Å². The van der Waals surface area contributed by atoms with Gasteiger partial charge in [0.15, 0.2) is 0 Å². The first-order valence-electron chi connectivity index (χ1n) is 19.8. The summed E-state index contributed by atoms with van der Waals surface area (Å²) >= 11 is 0. The minimum atomic E-state index is 1.09. The number of nitrogens with zero attached hydrogens (tertiary/aromatic N) is 2. The first kappa shape index (κ1) is 34.8. The van der Waals surface area contributed by atoms with E-state index in [9.17, 15) is 0 Å². The topological polar surface area (TPSA) is 6.48 Å². The number of para-hydroxylation sites is 3. The molecule has 0 fully saturated rings. The smallest absolute Gasteiger partial charge is 0.0468 e. The maximum absolute atomic E-state index is 2.39. The highest BCUT2D eigenvalue weighted by molar-refractivity contribution is 6.05. The van der Waals surface area contributed by atoms with Crippen molar-refractivity contribution in [2.75, 3.05) is 9.80 Å². The second-order valence-electron chi connectivity index (χ2n) is 14.6. The van der Waals surface area contributed by atoms with E-state index < -0.39 is 0 Å². The summed E-state index contributed by atoms with van der Waals surface area (Å²) in [5, 5.41) is 0. The average molecular weight is 741 g/mol. The molecular formula is C56H40N2. The summed E-state index contributed by atoms with van der Waals surface area (Å²) in [7, 11) is 0. The number of rotatable bonds is 8. The average Bonchev–Trinajstić information content (AvgIpc) is 3.30. The first-order valence-corrected chi connectivity index (χ1v) is 19.8. The lowest BCUT2D eigenvalue weighted by molar-refractivity contribution is 1.28. The van der Waals surface area contributed by atoms with Crippen molar-refractivity contribution in [3.05, 3.63) is 242 Å². The van der Waals surface area contributed by atoms with Crippen LogP contribution in [-0.4, -0.2) is 0 Å². The van der Waals surface area contributed by atoms with Crippen molar-refractivity contribution < 1.29 is 0 Å². The highest BCUT2D eigenvalue weighted by Crippen LogP contribution is 2.51. The fourth-order valence-corrected chi connectivity index (χ4v) is 8.28. The fraction of sp³-hybridized carbons (Fsp3) is 0. The summed E-state index contributed by atoms with van der Waals surface area (Å²) in [6.45, 7) is 0. The molecule has 1 aliphatic carbocycles. The molecule has 0 saturated heterocycles. The molecule has 0 spiro atoms. The predicted octanol–water partition coefficient (Wildman–Crippen LogP) is 15.8. The Morgan fingerprint density at radius 3 is 0.897 bits per heavy atom. The van der Waals surface area contributed by atoms with Crippen LogP contribution < -0.4 is 9.80 Å². The molecule has 0 aliphatic heterocycles. The fourth-order valence-electron chi connectivity index (χ4n) is 8.28. The second-order valence-corrected chi connectivity index (χ2v) is 14.6. The molecule has 9 aromatic carbocycles. The Bertz CT molecular complexity index is 2820. The molecule has 0 aromatic heterocycles. The van der Waals surface area contributed by atoms with Crippen LogP contribution in [0.4, 0.5) is 34.1 Å². The van der Waals surface area contributed by atoms with Crippen LogP contribution in [0, 0.1) is 0 Å². The number of hydrogen-bond donors (Lipinski definition) is 0. The van der Waals surface area contributed by atoms with Gasteiger partial charge in [0, 0.05) is 34.1 Å². The van der Waals surface area contributed by atoms with Gasteiger partial charge in [-0.2, -0.15) is 0 Å². The molecule has 9 aromatic rings. The molecule has 0 saturated carbocycles. The Hall–Kier alpha value is -7.68. The molecule has 1 aliphatic rings. The van der Waals surface area contributed by atoms with Gasteiger partial charge in [-0.3, -0.25) is 0 Å². The van der Waals surface area contributed by atoms with E-state index in [4.69, 9.17) is 0 Å². The van der Waals surface area contributed by atoms with Crippen molar-refractivity contribution in [2.45, 2.75) is 0 Å². The van der Waals surface area contributed by atoms with Crippen molar-refractivity contribution in [1.29, 1.82) is 0 Å². The molecule has 10 rings (SSSR count). The quantitative estimate of drug-likeness (QED) is 0.143. The van der Waals surface area contributed by atoms with Gasteiger partial charge in [-0.15, -0.1) is 0 Å². The lowest BCUT2D eigenvalue weighted by atomic mass is 9.80. The van der Waals surface area contributed by atoms with Crippen LogP contribution in [0.5, 0.6) is 0 Å². The van der Waals surface area contributed by atoms with Gasteiger partial charge in [-0.1, -0.05) is 170 Å². The molecule has 0 atom stereocenters. The van der Waals surface area contributed by atoms with Gasteiger partial charge in [0.1, 0.15) is 0 Å². The van der Waals surface area contributed by atoms with E-state index >= 15 is 0 Å². The van der Waals surface area contributed by atoms with Crippen LogP contribution in [0.15, 0.2) is 231 Å². The third-order valence-electron chi connectivity index (χ3n) is 11.0. The van der Waals surface area contributed by atoms with Gasteiger partial charge in [0.25, 0.3) is 0 Å². The largest absolute Gasteiger partial charge is 0.310 e. The van der Waals surface area contributed by atoms with Gasteiger partial charge in [0.2, 0.25) is 0 Å². The zero-order valence-corrected chi connectivity index (χ0v) is 32.0. The van der Waals surface area contributed by atoms with Gasteiger partial charge < -0.3 is 9.80 Å². The van der Waals surface area contributed by atoms with E-state index in [1.165, 1.54) is 50.1 Å². The van der Waals surface area contributed by atoms with Crippen molar-refractivity contribution in [3.63, 3.8) is 0 Å². The molecule has 58 heavy (non-hydrogen) atoms. The minimum absolute atomic E-state index is 1.09. The zero-order valence-electron chi connectivity index (χ0n) is 32.0. The Kier molecular flexibility index (Phi) is 9.27. The normalized spacial score (nSPS) is 11.4. The van der Waals surface area contributed by atoms with Gasteiger partial charge >= 0.3 is 0 Å². The predicted molar refractivity (Wildman–Crippen MR) is 246 cm³/mol. The van der Waals surface area contributed by atoms with E-state index in [1.807, 2.05) is 6.07 Å². The van der Waals surface area contributed by atoms with Gasteiger partial charge in [-0.05, 0) is 128 Å². The van der Waals surface area contributed by atoms with Gasteiger partial charge in [0.05, 0.1) is 0 Å². The standard InChI is InChI=1S/C56H40N2/c1-5-17-41(18-6-1)29-30-42-31-33-46(34-32-42)58(45-23-11-4-12-24-45)48-35-37-53-51-27-14-13-25-49(51)50-26-15-16-28-52(50)55-39-47(36-38-54(55)56(53)40-48)57(43-19-7-2-8-20-43)44-21-9-3-10-22-44/h1-40H/b30-29+,50-49?,53-51?,55-52?,56-54?. The monoisotopic (exact) mass is 740 g/mol. The summed E-state index contributed by atoms with van der Waals surface area (Å²) in [6.07, 6.45) is 4.34. The van der Waals surface area contributed by atoms with Crippen LogP contribution in [0.2, 0.25) is 0 Å². The Morgan fingerprint density at radius 1 is 0.207 bits per heavy atom. The zero-order chi connectivity index (χ0) is 38.7. The molecule has 0 bridgehead atoms. The third kappa shape index (κ3) is 6.67. The highest BCUT2D eigenvalue weighted by Gasteiger charge is 2.25. The summed E-state index contributed by atoms with van der Waals surface area (Å²) in [5.74, 6) is 0. The SMILES string of the molecule is C(=C\c1ccc(N(c2ccccc2)c2ccc3c(c2)-c2ccc(N(c4ccccc4)c4ccccc4)cc2-c2ccccc2-c2ccccc2-3)cc1)/c1ccccc1. The van der Waals surface area contributed by atoms with Crippen LogP contribution >= 0.6 is 0 Å². The van der Waals surface area contributed by atoms with Crippen LogP contribution in [-0.2, 0) is 0 Å². The molecule has 0 N–H and O–H groups in total. The van der Waals surface area contributed by atoms with E-state index in [-0.39, 0.29) is 0 Å². The Labute approximate surface area is 340 Å². The number of fused-ring (bicyclic) bond motifs is 8. The molecule has 2 heteroatoms. The van der Waals surface area contributed by atoms with Crippen molar-refractivity contribution >= 4 is 46.3 Å². The lowest BCUT2D eigenvalue weighted by Gasteiger charge is -2.30. The maximum Gasteiger partial charge on any atom is 0.0468 e. The molecule has 0 unspecified atom stereocenters. The van der Waals surface area contributed by atoms with Crippen LogP contribution in [0.25, 0.3) is 56.7 Å². The number of anilines is 6. The number of benzene rings is 9. The van der Waals surface area contributed by atoms with E-state index in [0.29, 0.717) is 0 Å². The van der Waals surface area contributed by atoms with Crippen LogP contribution in [0.1, 0.15) is 11.1 Å². The molecule has 2 nitrogen and oxygen atoms in total. The molecule has 274 valence electrons. The Balaban J connectivity index is 1.16. The summed E-state index contributed by atoms with van der Waals surface area (Å²) in [5.41, 5.74) is 18.6. The Morgan fingerprint density at radius 2 is 0.483 bits per heavy atom. The van der Waals surface area contributed by atoms with E-state index in [1.54, 1.807) is 0 Å². The molecule has 0 radical (unpaired) electrons. The third-order valence-corrected chi connectivity index (χ3v) is 11.0. The molecule has 0 amide bonds. The summed E-state index contributed by atoms with van der Waals surface area (Å²) < 4.78 is 0. The molecular weight excluding hydrogens is 701 g/mol. The second kappa shape index (κ2) is 15.5. The van der Waals surface area contributed by atoms with E-state index in [0.717, 1.165) is 39.7 Å². The summed E-state index contributed by atoms with van der Waals surface area (Å²) in [6, 6.07) is 83.0. The lowest BCUT2D eigenvalue weighted by Crippen LogP contribution is -2.11. The highest BCUT2D eigenvalue weighted by atomic mass is 15.1. The molecule has 0 heterocycles.